The quantitative estimate of drug-likeness (QED) is 0.0842. The molecule has 18 rings (SSSR count). The van der Waals surface area contributed by atoms with Crippen LogP contribution in [0.2, 0.25) is 0 Å². The second-order valence-corrected chi connectivity index (χ2v) is 33.0. The van der Waals surface area contributed by atoms with Gasteiger partial charge in [-0.25, -0.2) is 0 Å². The first-order valence-corrected chi connectivity index (χ1v) is 37.3. The Kier molecular flexibility index (Phi) is 14.0. The minimum absolute atomic E-state index is 0.172. The molecule has 0 unspecified atom stereocenters. The standard InChI is InChI=1S/C90H64BN3Si2/c1-9-30-65(31-10-1)67-52-61-86-83(62-67)91-82-49-29-48-79(66-32-11-2-12-33-66)90(82)94(69-55-59-78(60-56-69)96(74-40-19-6-20-41-74,75-42-21-7-22-43-75)76-44-23-8-24-45-76)88-64-70(93-84-50-27-25-46-80(84)81-47-26-28-51-85(81)93)63-87(89(88)91)92(86)68-53-57-77(58-54-68)95(71-34-13-3-14-35-71,72-36-15-4-16-37-72)73-38-17-5-18-39-73/h1-64H. The predicted octanol–water partition coefficient (Wildman–Crippen LogP) is 15.0. The number of hydrogen-bond donors (Lipinski definition) is 0. The van der Waals surface area contributed by atoms with Gasteiger partial charge in [-0.3, -0.25) is 0 Å². The van der Waals surface area contributed by atoms with Gasteiger partial charge in [-0.05, 0) is 129 Å². The van der Waals surface area contributed by atoms with Crippen molar-refractivity contribution in [2.24, 2.45) is 0 Å². The molecule has 6 heteroatoms. The molecule has 450 valence electrons. The van der Waals surface area contributed by atoms with E-state index in [-0.39, 0.29) is 6.71 Å². The fourth-order valence-corrected chi connectivity index (χ4v) is 25.9. The highest BCUT2D eigenvalue weighted by Crippen LogP contribution is 2.49. The van der Waals surface area contributed by atoms with Crippen molar-refractivity contribution in [3.63, 3.8) is 0 Å². The van der Waals surface area contributed by atoms with E-state index < -0.39 is 16.1 Å². The summed E-state index contributed by atoms with van der Waals surface area (Å²) < 4.78 is 2.52. The van der Waals surface area contributed by atoms with Crippen molar-refractivity contribution in [3.05, 3.63) is 388 Å². The number of anilines is 6. The van der Waals surface area contributed by atoms with Crippen molar-refractivity contribution < 1.29 is 0 Å². The summed E-state index contributed by atoms with van der Waals surface area (Å²) in [6.45, 7) is -0.172. The largest absolute Gasteiger partial charge is 0.311 e. The Bertz CT molecular complexity index is 5260. The minimum Gasteiger partial charge on any atom is -0.311 e. The Morgan fingerprint density at radius 1 is 0.229 bits per heavy atom. The second-order valence-electron chi connectivity index (χ2n) is 25.4. The van der Waals surface area contributed by atoms with E-state index >= 15 is 0 Å². The van der Waals surface area contributed by atoms with Crippen LogP contribution >= 0.6 is 0 Å². The van der Waals surface area contributed by atoms with Gasteiger partial charge in [0.05, 0.1) is 16.7 Å². The summed E-state index contributed by atoms with van der Waals surface area (Å²) in [5, 5.41) is 13.1. The van der Waals surface area contributed by atoms with Gasteiger partial charge in [0.1, 0.15) is 0 Å². The molecule has 0 saturated carbocycles. The fraction of sp³-hybridized carbons (Fsp3) is 0. The summed E-state index contributed by atoms with van der Waals surface area (Å²) in [5.41, 5.74) is 18.7. The maximum atomic E-state index is 2.64. The van der Waals surface area contributed by atoms with Crippen molar-refractivity contribution in [3.8, 4) is 27.9 Å². The summed E-state index contributed by atoms with van der Waals surface area (Å²) in [7, 11) is -5.81. The average Bonchev–Trinajstić information content (AvgIpc) is 0.822. The molecule has 0 atom stereocenters. The Hall–Kier alpha value is -11.8. The van der Waals surface area contributed by atoms with Gasteiger partial charge in [0.15, 0.2) is 16.1 Å². The number of rotatable bonds is 13. The lowest BCUT2D eigenvalue weighted by atomic mass is 9.33. The average molecular weight is 1250 g/mol. The van der Waals surface area contributed by atoms with Gasteiger partial charge in [0.25, 0.3) is 6.71 Å². The van der Waals surface area contributed by atoms with Gasteiger partial charge in [0, 0.05) is 50.5 Å². The molecule has 0 N–H and O–H groups in total. The lowest BCUT2D eigenvalue weighted by Gasteiger charge is -2.45. The highest BCUT2D eigenvalue weighted by molar-refractivity contribution is 7.20. The third-order valence-electron chi connectivity index (χ3n) is 20.5. The summed E-state index contributed by atoms with van der Waals surface area (Å²) >= 11 is 0. The molecule has 0 fully saturated rings. The number of fused-ring (bicyclic) bond motifs is 7. The van der Waals surface area contributed by atoms with Crippen molar-refractivity contribution in [2.75, 3.05) is 9.80 Å². The van der Waals surface area contributed by atoms with Gasteiger partial charge in [0.2, 0.25) is 0 Å². The first kappa shape index (κ1) is 56.9. The summed E-state index contributed by atoms with van der Waals surface area (Å²) in [6.07, 6.45) is 0. The normalized spacial score (nSPS) is 12.5. The molecule has 16 aromatic rings. The van der Waals surface area contributed by atoms with E-state index in [9.17, 15) is 0 Å². The molecule has 0 bridgehead atoms. The molecule has 0 amide bonds. The van der Waals surface area contributed by atoms with Gasteiger partial charge in [-0.1, -0.05) is 334 Å². The lowest BCUT2D eigenvalue weighted by molar-refractivity contribution is 1.16. The zero-order chi connectivity index (χ0) is 63.6. The summed E-state index contributed by atoms with van der Waals surface area (Å²) in [4.78, 5) is 5.24. The van der Waals surface area contributed by atoms with E-state index in [4.69, 9.17) is 0 Å². The maximum Gasteiger partial charge on any atom is 0.252 e. The Morgan fingerprint density at radius 2 is 0.594 bits per heavy atom. The monoisotopic (exact) mass is 1250 g/mol. The first-order valence-electron chi connectivity index (χ1n) is 33.3. The van der Waals surface area contributed by atoms with Crippen molar-refractivity contribution in [1.29, 1.82) is 0 Å². The van der Waals surface area contributed by atoms with Crippen molar-refractivity contribution >= 4 is 137 Å². The van der Waals surface area contributed by atoms with E-state index in [0.717, 1.165) is 45.2 Å². The summed E-state index contributed by atoms with van der Waals surface area (Å²) in [6, 6.07) is 146. The van der Waals surface area contributed by atoms with E-state index in [1.54, 1.807) is 0 Å². The molecule has 15 aromatic carbocycles. The van der Waals surface area contributed by atoms with Crippen LogP contribution in [0.1, 0.15) is 0 Å². The van der Waals surface area contributed by atoms with Gasteiger partial charge in [-0.15, -0.1) is 0 Å². The Balaban J connectivity index is 0.938. The number of aromatic nitrogens is 1. The minimum atomic E-state index is -2.91. The van der Waals surface area contributed by atoms with Crippen molar-refractivity contribution in [2.45, 2.75) is 0 Å². The lowest BCUT2D eigenvalue weighted by Crippen LogP contribution is -2.74. The van der Waals surface area contributed by atoms with Crippen LogP contribution in [0.4, 0.5) is 34.1 Å². The maximum absolute atomic E-state index is 2.91. The zero-order valence-electron chi connectivity index (χ0n) is 52.9. The van der Waals surface area contributed by atoms with E-state index in [1.165, 1.54) is 96.6 Å². The Morgan fingerprint density at radius 3 is 1.03 bits per heavy atom. The molecule has 3 nitrogen and oxygen atoms in total. The van der Waals surface area contributed by atoms with Crippen LogP contribution in [0.5, 0.6) is 0 Å². The highest BCUT2D eigenvalue weighted by Gasteiger charge is 2.47. The van der Waals surface area contributed by atoms with E-state index in [1.807, 2.05) is 0 Å². The molecule has 2 aliphatic rings. The van der Waals surface area contributed by atoms with Crippen LogP contribution in [0.25, 0.3) is 49.7 Å². The predicted molar refractivity (Wildman–Crippen MR) is 413 cm³/mol. The third kappa shape index (κ3) is 9.01. The molecular weight excluding hydrogens is 1190 g/mol. The van der Waals surface area contributed by atoms with Gasteiger partial charge in [-0.2, -0.15) is 0 Å². The van der Waals surface area contributed by atoms with Crippen LogP contribution in [-0.4, -0.2) is 27.4 Å². The zero-order valence-corrected chi connectivity index (χ0v) is 54.9. The van der Waals surface area contributed by atoms with Gasteiger partial charge >= 0.3 is 0 Å². The van der Waals surface area contributed by atoms with Crippen LogP contribution in [0.15, 0.2) is 388 Å². The molecular formula is C90H64BN3Si2. The van der Waals surface area contributed by atoms with Gasteiger partial charge < -0.3 is 14.4 Å². The first-order chi connectivity index (χ1) is 47.7. The fourth-order valence-electron chi connectivity index (χ4n) is 16.4. The van der Waals surface area contributed by atoms with Crippen molar-refractivity contribution in [1.82, 2.24) is 4.57 Å². The second kappa shape index (κ2) is 23.6. The SMILES string of the molecule is c1ccc(-c2ccc3c(c2)B2c4cccc(-c5ccccc5)c4N(c4ccc([Si](c5ccccc5)(c5ccccc5)c5ccccc5)cc4)c4cc(-n5c6ccccc6c6ccccc65)cc(c42)N3c2ccc([Si](c3ccccc3)(c3ccccc3)c3ccccc3)cc2)cc1. The third-order valence-corrected chi connectivity index (χ3v) is 30.1. The molecule has 1 aromatic heterocycles. The number of nitrogens with zero attached hydrogens (tertiary/aromatic N) is 3. The Labute approximate surface area is 563 Å². The van der Waals surface area contributed by atoms with Crippen LogP contribution in [0, 0.1) is 0 Å². The molecule has 0 spiro atoms. The molecule has 0 saturated heterocycles. The molecule has 0 aliphatic carbocycles. The highest BCUT2D eigenvalue weighted by atomic mass is 28.3. The molecule has 0 radical (unpaired) electrons. The van der Waals surface area contributed by atoms with E-state index in [0.29, 0.717) is 0 Å². The van der Waals surface area contributed by atoms with Crippen LogP contribution < -0.4 is 67.7 Å². The molecule has 3 heterocycles. The number of para-hydroxylation sites is 3. The number of hydrogen-bond acceptors (Lipinski definition) is 2. The summed E-state index contributed by atoms with van der Waals surface area (Å²) in [5.74, 6) is 0. The molecule has 96 heavy (non-hydrogen) atoms. The van der Waals surface area contributed by atoms with Crippen LogP contribution in [-0.2, 0) is 0 Å². The smallest absolute Gasteiger partial charge is 0.252 e. The topological polar surface area (TPSA) is 11.4 Å². The van der Waals surface area contributed by atoms with E-state index in [2.05, 4.69) is 403 Å². The molecule has 2 aliphatic heterocycles. The number of benzene rings is 15. The van der Waals surface area contributed by atoms with Crippen LogP contribution in [0.3, 0.4) is 0 Å².